The summed E-state index contributed by atoms with van der Waals surface area (Å²) in [6.07, 6.45) is 1.07. The molecule has 3 heteroatoms. The quantitative estimate of drug-likeness (QED) is 0.928. The normalized spacial score (nSPS) is 19.8. The Hall–Kier alpha value is -1.87. The Morgan fingerprint density at radius 2 is 1.95 bits per heavy atom. The summed E-state index contributed by atoms with van der Waals surface area (Å²) in [7, 11) is 0. The third-order valence-electron chi connectivity index (χ3n) is 4.30. The average Bonchev–Trinajstić information content (AvgIpc) is 2.97. The van der Waals surface area contributed by atoms with Crippen LogP contribution in [-0.4, -0.2) is 13.1 Å². The molecule has 1 aliphatic heterocycles. The molecule has 2 aromatic carbocycles. The van der Waals surface area contributed by atoms with Crippen LogP contribution in [0.5, 0.6) is 0 Å². The van der Waals surface area contributed by atoms with Gasteiger partial charge in [-0.15, -0.1) is 0 Å². The standard InChI is InChI=1S/C18H21FN2/c1-13(20)15-7-8-18(17(19)11-15)21-10-9-16(12-21)14-5-3-2-4-6-14/h2-8,11,13,16H,9-10,12,20H2,1H3/t13-,16?/m0/s1. The SMILES string of the molecule is C[C@H](N)c1ccc(N2CCC(c3ccccc3)C2)c(F)c1. The highest BCUT2D eigenvalue weighted by Gasteiger charge is 2.25. The van der Waals surface area contributed by atoms with Crippen LogP contribution in [0.2, 0.25) is 0 Å². The number of hydrogen-bond acceptors (Lipinski definition) is 2. The molecule has 1 fully saturated rings. The number of benzene rings is 2. The molecule has 1 aliphatic rings. The van der Waals surface area contributed by atoms with E-state index in [9.17, 15) is 4.39 Å². The Balaban J connectivity index is 1.77. The van der Waals surface area contributed by atoms with Gasteiger partial charge in [-0.2, -0.15) is 0 Å². The molecular formula is C18H21FN2. The van der Waals surface area contributed by atoms with Gasteiger partial charge in [-0.3, -0.25) is 0 Å². The lowest BCUT2D eigenvalue weighted by Gasteiger charge is -2.20. The van der Waals surface area contributed by atoms with E-state index in [1.165, 1.54) is 5.56 Å². The number of nitrogens with two attached hydrogens (primary N) is 1. The predicted octanol–water partition coefficient (Wildman–Crippen LogP) is 3.84. The topological polar surface area (TPSA) is 29.3 Å². The number of hydrogen-bond donors (Lipinski definition) is 1. The van der Waals surface area contributed by atoms with Crippen LogP contribution in [0, 0.1) is 5.82 Å². The molecule has 2 N–H and O–H groups in total. The fraction of sp³-hybridized carbons (Fsp3) is 0.333. The first-order valence-corrected chi connectivity index (χ1v) is 7.50. The van der Waals surface area contributed by atoms with E-state index in [2.05, 4.69) is 29.2 Å². The minimum atomic E-state index is -0.168. The molecule has 0 amide bonds. The Morgan fingerprint density at radius 1 is 1.19 bits per heavy atom. The van der Waals surface area contributed by atoms with E-state index >= 15 is 0 Å². The maximum atomic E-state index is 14.3. The van der Waals surface area contributed by atoms with Crippen molar-refractivity contribution in [2.45, 2.75) is 25.3 Å². The number of nitrogens with zero attached hydrogens (tertiary/aromatic N) is 1. The highest BCUT2D eigenvalue weighted by Crippen LogP contribution is 2.32. The first-order chi connectivity index (χ1) is 10.1. The molecular weight excluding hydrogens is 263 g/mol. The summed E-state index contributed by atoms with van der Waals surface area (Å²) in [6, 6.07) is 15.7. The second kappa shape index (κ2) is 5.86. The predicted molar refractivity (Wildman–Crippen MR) is 85.0 cm³/mol. The van der Waals surface area contributed by atoms with Gasteiger partial charge in [0.15, 0.2) is 0 Å². The highest BCUT2D eigenvalue weighted by atomic mass is 19.1. The van der Waals surface area contributed by atoms with Crippen molar-refractivity contribution in [3.05, 3.63) is 65.5 Å². The van der Waals surface area contributed by atoms with Crippen molar-refractivity contribution >= 4 is 5.69 Å². The summed E-state index contributed by atoms with van der Waals surface area (Å²) in [5.41, 5.74) is 8.68. The van der Waals surface area contributed by atoms with Crippen molar-refractivity contribution in [2.24, 2.45) is 5.73 Å². The number of rotatable bonds is 3. The van der Waals surface area contributed by atoms with Crippen molar-refractivity contribution < 1.29 is 4.39 Å². The molecule has 3 rings (SSSR count). The molecule has 1 unspecified atom stereocenters. The van der Waals surface area contributed by atoms with E-state index in [1.807, 2.05) is 25.1 Å². The highest BCUT2D eigenvalue weighted by molar-refractivity contribution is 5.51. The van der Waals surface area contributed by atoms with Crippen LogP contribution in [0.3, 0.4) is 0 Å². The van der Waals surface area contributed by atoms with Crippen LogP contribution < -0.4 is 10.6 Å². The molecule has 0 radical (unpaired) electrons. The van der Waals surface area contributed by atoms with Gasteiger partial charge in [0.2, 0.25) is 0 Å². The third kappa shape index (κ3) is 2.93. The summed E-state index contributed by atoms with van der Waals surface area (Å²) in [4.78, 5) is 2.14. The maximum Gasteiger partial charge on any atom is 0.146 e. The molecule has 0 aliphatic carbocycles. The summed E-state index contributed by atoms with van der Waals surface area (Å²) < 4.78 is 14.3. The summed E-state index contributed by atoms with van der Waals surface area (Å²) in [6.45, 7) is 3.64. The first kappa shape index (κ1) is 14.1. The Kier molecular flexibility index (Phi) is 3.93. The lowest BCUT2D eigenvalue weighted by atomic mass is 9.99. The largest absolute Gasteiger partial charge is 0.369 e. The van der Waals surface area contributed by atoms with Crippen LogP contribution in [0.25, 0.3) is 0 Å². The Bertz CT molecular complexity index is 610. The number of anilines is 1. The van der Waals surface area contributed by atoms with Gasteiger partial charge in [0.25, 0.3) is 0 Å². The lowest BCUT2D eigenvalue weighted by Crippen LogP contribution is -2.20. The lowest BCUT2D eigenvalue weighted by molar-refractivity contribution is 0.617. The van der Waals surface area contributed by atoms with Crippen molar-refractivity contribution in [1.82, 2.24) is 0 Å². The van der Waals surface area contributed by atoms with E-state index in [0.717, 1.165) is 25.1 Å². The van der Waals surface area contributed by atoms with Crippen LogP contribution in [0.4, 0.5) is 10.1 Å². The summed E-state index contributed by atoms with van der Waals surface area (Å²) in [5, 5.41) is 0. The van der Waals surface area contributed by atoms with Crippen LogP contribution in [0.15, 0.2) is 48.5 Å². The van der Waals surface area contributed by atoms with Crippen LogP contribution in [-0.2, 0) is 0 Å². The monoisotopic (exact) mass is 284 g/mol. The maximum absolute atomic E-state index is 14.3. The van der Waals surface area contributed by atoms with Gasteiger partial charge in [-0.1, -0.05) is 36.4 Å². The molecule has 0 saturated carbocycles. The fourth-order valence-corrected chi connectivity index (χ4v) is 3.04. The average molecular weight is 284 g/mol. The van der Waals surface area contributed by atoms with Gasteiger partial charge in [0, 0.05) is 25.0 Å². The molecule has 110 valence electrons. The zero-order chi connectivity index (χ0) is 14.8. The minimum Gasteiger partial charge on any atom is -0.369 e. The van der Waals surface area contributed by atoms with Crippen molar-refractivity contribution in [1.29, 1.82) is 0 Å². The number of halogens is 1. The Morgan fingerprint density at radius 3 is 2.62 bits per heavy atom. The molecule has 0 spiro atoms. The molecule has 1 saturated heterocycles. The summed E-state index contributed by atoms with van der Waals surface area (Å²) >= 11 is 0. The van der Waals surface area contributed by atoms with Crippen molar-refractivity contribution in [2.75, 3.05) is 18.0 Å². The van der Waals surface area contributed by atoms with Gasteiger partial charge >= 0.3 is 0 Å². The van der Waals surface area contributed by atoms with Gasteiger partial charge < -0.3 is 10.6 Å². The summed E-state index contributed by atoms with van der Waals surface area (Å²) in [5.74, 6) is 0.317. The van der Waals surface area contributed by atoms with Crippen LogP contribution >= 0.6 is 0 Å². The fourth-order valence-electron chi connectivity index (χ4n) is 3.04. The molecule has 21 heavy (non-hydrogen) atoms. The molecule has 0 aromatic heterocycles. The van der Waals surface area contributed by atoms with Crippen molar-refractivity contribution in [3.63, 3.8) is 0 Å². The van der Waals surface area contributed by atoms with E-state index in [-0.39, 0.29) is 11.9 Å². The second-order valence-corrected chi connectivity index (χ2v) is 5.84. The van der Waals surface area contributed by atoms with Crippen molar-refractivity contribution in [3.8, 4) is 0 Å². The second-order valence-electron chi connectivity index (χ2n) is 5.84. The smallest absolute Gasteiger partial charge is 0.146 e. The Labute approximate surface area is 125 Å². The van der Waals surface area contributed by atoms with Crippen LogP contribution in [0.1, 0.15) is 36.4 Å². The third-order valence-corrected chi connectivity index (χ3v) is 4.30. The molecule has 2 nitrogen and oxygen atoms in total. The van der Waals surface area contributed by atoms with Gasteiger partial charge in [0.1, 0.15) is 5.82 Å². The first-order valence-electron chi connectivity index (χ1n) is 7.50. The minimum absolute atomic E-state index is 0.135. The van der Waals surface area contributed by atoms with E-state index in [0.29, 0.717) is 11.6 Å². The van der Waals surface area contributed by atoms with Gasteiger partial charge in [-0.25, -0.2) is 4.39 Å². The van der Waals surface area contributed by atoms with E-state index in [1.54, 1.807) is 6.07 Å². The van der Waals surface area contributed by atoms with E-state index < -0.39 is 0 Å². The van der Waals surface area contributed by atoms with Gasteiger partial charge in [0.05, 0.1) is 5.69 Å². The molecule has 0 bridgehead atoms. The van der Waals surface area contributed by atoms with Gasteiger partial charge in [-0.05, 0) is 36.6 Å². The molecule has 2 atom stereocenters. The molecule has 1 heterocycles. The zero-order valence-corrected chi connectivity index (χ0v) is 12.3. The molecule has 2 aromatic rings. The van der Waals surface area contributed by atoms with E-state index in [4.69, 9.17) is 5.73 Å². The zero-order valence-electron chi connectivity index (χ0n) is 12.3.